The van der Waals surface area contributed by atoms with E-state index in [0.29, 0.717) is 25.3 Å². The van der Waals surface area contributed by atoms with Gasteiger partial charge in [0, 0.05) is 24.0 Å². The molecule has 0 aliphatic carbocycles. The summed E-state index contributed by atoms with van der Waals surface area (Å²) in [6.45, 7) is 3.29. The molecule has 112 valence electrons. The Labute approximate surface area is 123 Å². The molecular weight excluding hydrogens is 270 g/mol. The molecule has 0 atom stereocenters. The zero-order valence-electron chi connectivity index (χ0n) is 12.0. The number of hydrogen-bond acceptors (Lipinski definition) is 5. The van der Waals surface area contributed by atoms with Crippen LogP contribution in [0.15, 0.2) is 36.7 Å². The first-order chi connectivity index (χ1) is 10.2. The number of aliphatic hydroxyl groups excluding tert-OH is 1. The Bertz CT molecular complexity index is 595. The molecule has 2 aromatic rings. The molecule has 0 radical (unpaired) electrons. The van der Waals surface area contributed by atoms with Gasteiger partial charge in [-0.2, -0.15) is 5.10 Å². The number of esters is 1. The predicted molar refractivity (Wildman–Crippen MR) is 79.0 cm³/mol. The van der Waals surface area contributed by atoms with Gasteiger partial charge in [0.1, 0.15) is 0 Å². The summed E-state index contributed by atoms with van der Waals surface area (Å²) in [5, 5.41) is 16.2. The third-order valence-electron chi connectivity index (χ3n) is 2.89. The van der Waals surface area contributed by atoms with Crippen LogP contribution in [-0.2, 0) is 17.8 Å². The van der Waals surface area contributed by atoms with E-state index >= 15 is 0 Å². The van der Waals surface area contributed by atoms with Crippen LogP contribution in [0.3, 0.4) is 0 Å². The van der Waals surface area contributed by atoms with E-state index in [1.807, 2.05) is 18.3 Å². The zero-order chi connectivity index (χ0) is 15.1. The molecule has 0 spiro atoms. The molecule has 6 nitrogen and oxygen atoms in total. The molecule has 0 amide bonds. The fourth-order valence-corrected chi connectivity index (χ4v) is 1.90. The third kappa shape index (κ3) is 4.32. The number of nitrogens with one attached hydrogen (secondary N) is 1. The van der Waals surface area contributed by atoms with Crippen molar-refractivity contribution in [2.24, 2.45) is 0 Å². The lowest BCUT2D eigenvalue weighted by molar-refractivity contribution is 0.0526. The van der Waals surface area contributed by atoms with Crippen molar-refractivity contribution in [3.05, 3.63) is 47.8 Å². The number of anilines is 1. The van der Waals surface area contributed by atoms with E-state index in [0.717, 1.165) is 11.3 Å². The Balaban J connectivity index is 1.96. The standard InChI is InChI=1S/C15H19N3O3/c1-2-21-15(20)13-4-3-5-14(8-13)16-9-12-10-17-18(11-12)6-7-19/h3-5,8,10-11,16,19H,2,6-7,9H2,1H3. The summed E-state index contributed by atoms with van der Waals surface area (Å²) in [5.74, 6) is -0.322. The summed E-state index contributed by atoms with van der Waals surface area (Å²) in [4.78, 5) is 11.7. The van der Waals surface area contributed by atoms with Crippen molar-refractivity contribution in [3.8, 4) is 0 Å². The highest BCUT2D eigenvalue weighted by Crippen LogP contribution is 2.13. The maximum atomic E-state index is 11.7. The summed E-state index contributed by atoms with van der Waals surface area (Å²) < 4.78 is 6.66. The summed E-state index contributed by atoms with van der Waals surface area (Å²) in [6, 6.07) is 7.18. The van der Waals surface area contributed by atoms with Crippen LogP contribution in [0.1, 0.15) is 22.8 Å². The molecule has 0 bridgehead atoms. The first-order valence-corrected chi connectivity index (χ1v) is 6.86. The number of rotatable bonds is 7. The molecule has 0 aliphatic rings. The molecule has 0 unspecified atom stereocenters. The van der Waals surface area contributed by atoms with Crippen molar-refractivity contribution >= 4 is 11.7 Å². The van der Waals surface area contributed by atoms with Crippen molar-refractivity contribution in [2.45, 2.75) is 20.0 Å². The fraction of sp³-hybridized carbons (Fsp3) is 0.333. The van der Waals surface area contributed by atoms with Gasteiger partial charge in [0.2, 0.25) is 0 Å². The van der Waals surface area contributed by atoms with E-state index in [4.69, 9.17) is 9.84 Å². The zero-order valence-corrected chi connectivity index (χ0v) is 12.0. The molecule has 21 heavy (non-hydrogen) atoms. The normalized spacial score (nSPS) is 10.4. The molecule has 2 rings (SSSR count). The summed E-state index contributed by atoms with van der Waals surface area (Å²) in [7, 11) is 0. The van der Waals surface area contributed by atoms with Crippen LogP contribution in [0, 0.1) is 0 Å². The average Bonchev–Trinajstić information content (AvgIpc) is 2.94. The minimum atomic E-state index is -0.322. The number of carbonyl (C=O) groups excluding carboxylic acids is 1. The molecule has 0 fully saturated rings. The van der Waals surface area contributed by atoms with Crippen LogP contribution >= 0.6 is 0 Å². The highest BCUT2D eigenvalue weighted by atomic mass is 16.5. The van der Waals surface area contributed by atoms with E-state index in [-0.39, 0.29) is 12.6 Å². The van der Waals surface area contributed by atoms with E-state index < -0.39 is 0 Å². The quantitative estimate of drug-likeness (QED) is 0.758. The fourth-order valence-electron chi connectivity index (χ4n) is 1.90. The third-order valence-corrected chi connectivity index (χ3v) is 2.89. The maximum absolute atomic E-state index is 11.7. The van der Waals surface area contributed by atoms with Gasteiger partial charge < -0.3 is 15.2 Å². The van der Waals surface area contributed by atoms with Crippen LogP contribution in [-0.4, -0.2) is 34.1 Å². The summed E-state index contributed by atoms with van der Waals surface area (Å²) in [6.07, 6.45) is 3.62. The highest BCUT2D eigenvalue weighted by molar-refractivity contribution is 5.90. The monoisotopic (exact) mass is 289 g/mol. The Morgan fingerprint density at radius 1 is 1.48 bits per heavy atom. The molecule has 0 saturated carbocycles. The van der Waals surface area contributed by atoms with Crippen molar-refractivity contribution in [3.63, 3.8) is 0 Å². The van der Waals surface area contributed by atoms with Crippen molar-refractivity contribution in [2.75, 3.05) is 18.5 Å². The maximum Gasteiger partial charge on any atom is 0.338 e. The topological polar surface area (TPSA) is 76.4 Å². The van der Waals surface area contributed by atoms with Crippen molar-refractivity contribution in [1.82, 2.24) is 9.78 Å². The van der Waals surface area contributed by atoms with Gasteiger partial charge in [0.15, 0.2) is 0 Å². The minimum absolute atomic E-state index is 0.0656. The van der Waals surface area contributed by atoms with Gasteiger partial charge in [-0.1, -0.05) is 6.07 Å². The molecule has 6 heteroatoms. The highest BCUT2D eigenvalue weighted by Gasteiger charge is 2.06. The number of benzene rings is 1. The van der Waals surface area contributed by atoms with E-state index in [1.54, 1.807) is 29.9 Å². The molecule has 0 saturated heterocycles. The summed E-state index contributed by atoms with van der Waals surface area (Å²) in [5.41, 5.74) is 2.37. The molecule has 1 aromatic carbocycles. The lowest BCUT2D eigenvalue weighted by Gasteiger charge is -2.07. The molecule has 2 N–H and O–H groups in total. The van der Waals surface area contributed by atoms with Gasteiger partial charge in [-0.3, -0.25) is 4.68 Å². The number of aromatic nitrogens is 2. The van der Waals surface area contributed by atoms with Crippen molar-refractivity contribution < 1.29 is 14.6 Å². The number of nitrogens with zero attached hydrogens (tertiary/aromatic N) is 2. The number of aliphatic hydroxyl groups is 1. The Hall–Kier alpha value is -2.34. The minimum Gasteiger partial charge on any atom is -0.462 e. The van der Waals surface area contributed by atoms with Gasteiger partial charge in [-0.05, 0) is 25.1 Å². The molecule has 1 heterocycles. The SMILES string of the molecule is CCOC(=O)c1cccc(NCc2cnn(CCO)c2)c1. The lowest BCUT2D eigenvalue weighted by atomic mass is 10.2. The van der Waals surface area contributed by atoms with Crippen LogP contribution in [0.4, 0.5) is 5.69 Å². The molecular formula is C15H19N3O3. The van der Waals surface area contributed by atoms with Gasteiger partial charge in [-0.15, -0.1) is 0 Å². The van der Waals surface area contributed by atoms with Crippen LogP contribution < -0.4 is 5.32 Å². The lowest BCUT2D eigenvalue weighted by Crippen LogP contribution is -2.06. The number of hydrogen-bond donors (Lipinski definition) is 2. The van der Waals surface area contributed by atoms with Gasteiger partial charge >= 0.3 is 5.97 Å². The summed E-state index contributed by atoms with van der Waals surface area (Å²) >= 11 is 0. The molecule has 1 aromatic heterocycles. The average molecular weight is 289 g/mol. The van der Waals surface area contributed by atoms with Crippen LogP contribution in [0.2, 0.25) is 0 Å². The number of ether oxygens (including phenoxy) is 1. The van der Waals surface area contributed by atoms with Gasteiger partial charge in [0.25, 0.3) is 0 Å². The first-order valence-electron chi connectivity index (χ1n) is 6.86. The Kier molecular flexibility index (Phi) is 5.34. The molecule has 0 aliphatic heterocycles. The smallest absolute Gasteiger partial charge is 0.338 e. The largest absolute Gasteiger partial charge is 0.462 e. The van der Waals surface area contributed by atoms with Crippen LogP contribution in [0.25, 0.3) is 0 Å². The van der Waals surface area contributed by atoms with E-state index in [1.165, 1.54) is 0 Å². The predicted octanol–water partition coefficient (Wildman–Crippen LogP) is 1.66. The second kappa shape index (κ2) is 7.44. The Morgan fingerprint density at radius 3 is 3.10 bits per heavy atom. The van der Waals surface area contributed by atoms with Gasteiger partial charge in [0.05, 0.1) is 31.5 Å². The Morgan fingerprint density at radius 2 is 2.33 bits per heavy atom. The second-order valence-electron chi connectivity index (χ2n) is 4.49. The second-order valence-corrected chi connectivity index (χ2v) is 4.49. The van der Waals surface area contributed by atoms with Gasteiger partial charge in [-0.25, -0.2) is 4.79 Å². The van der Waals surface area contributed by atoms with E-state index in [9.17, 15) is 4.79 Å². The number of carbonyl (C=O) groups is 1. The first kappa shape index (κ1) is 15.1. The van der Waals surface area contributed by atoms with E-state index in [2.05, 4.69) is 10.4 Å². The van der Waals surface area contributed by atoms with Crippen LogP contribution in [0.5, 0.6) is 0 Å². The van der Waals surface area contributed by atoms with Crippen molar-refractivity contribution in [1.29, 1.82) is 0 Å².